The minimum Gasteiger partial charge on any atom is -0.457 e. The van der Waals surface area contributed by atoms with E-state index in [0.29, 0.717) is 36.6 Å². The van der Waals surface area contributed by atoms with Crippen LogP contribution in [0.15, 0.2) is 78.9 Å². The van der Waals surface area contributed by atoms with Gasteiger partial charge in [0.05, 0.1) is 12.1 Å². The molecule has 3 aliphatic rings. The van der Waals surface area contributed by atoms with E-state index in [2.05, 4.69) is 27.3 Å². The van der Waals surface area contributed by atoms with E-state index >= 15 is 0 Å². The summed E-state index contributed by atoms with van der Waals surface area (Å²) >= 11 is 0. The first-order valence-corrected chi connectivity index (χ1v) is 18.7. The molecule has 3 aromatic carbocycles. The van der Waals surface area contributed by atoms with Crippen LogP contribution in [0.2, 0.25) is 0 Å². The number of ether oxygens (including phenoxy) is 1. The van der Waals surface area contributed by atoms with E-state index in [-0.39, 0.29) is 24.3 Å². The van der Waals surface area contributed by atoms with Crippen LogP contribution in [0.1, 0.15) is 112 Å². The molecule has 270 valence electrons. The number of hydrogen-bond donors (Lipinski definition) is 2. The number of amides is 3. The molecular weight excluding hydrogens is 652 g/mol. The number of rotatable bonds is 9. The first kappa shape index (κ1) is 35.2. The minimum atomic E-state index is -1.04. The number of benzene rings is 3. The van der Waals surface area contributed by atoms with Crippen LogP contribution in [-0.2, 0) is 32.2 Å². The topological polar surface area (TPSA) is 110 Å². The van der Waals surface area contributed by atoms with Crippen molar-refractivity contribution in [3.63, 3.8) is 0 Å². The van der Waals surface area contributed by atoms with Crippen LogP contribution in [0.5, 0.6) is 0 Å². The van der Waals surface area contributed by atoms with Crippen LogP contribution in [0.4, 0.5) is 11.5 Å². The summed E-state index contributed by atoms with van der Waals surface area (Å²) in [5.41, 5.74) is 3.44. The van der Waals surface area contributed by atoms with Crippen molar-refractivity contribution < 1.29 is 23.9 Å². The predicted octanol–water partition coefficient (Wildman–Crippen LogP) is 8.27. The molecule has 0 saturated heterocycles. The number of carbonyl (C=O) groups is 4. The van der Waals surface area contributed by atoms with Gasteiger partial charge in [0, 0.05) is 28.3 Å². The molecule has 0 atom stereocenters. The van der Waals surface area contributed by atoms with Crippen molar-refractivity contribution in [3.8, 4) is 0 Å². The maximum absolute atomic E-state index is 14.0. The number of esters is 1. The summed E-state index contributed by atoms with van der Waals surface area (Å²) in [4.78, 5) is 55.4. The number of aromatic nitrogens is 1. The summed E-state index contributed by atoms with van der Waals surface area (Å²) in [6, 6.07) is 23.1. The largest absolute Gasteiger partial charge is 0.457 e. The molecule has 0 radical (unpaired) electrons. The number of nitrogens with zero attached hydrogens (tertiary/aromatic N) is 2. The molecule has 2 heterocycles. The van der Waals surface area contributed by atoms with Crippen molar-refractivity contribution in [2.75, 3.05) is 10.2 Å². The Morgan fingerprint density at radius 2 is 1.62 bits per heavy atom. The van der Waals surface area contributed by atoms with Gasteiger partial charge in [0.25, 0.3) is 5.91 Å². The van der Waals surface area contributed by atoms with E-state index in [0.717, 1.165) is 53.5 Å². The highest BCUT2D eigenvalue weighted by Gasteiger charge is 2.43. The van der Waals surface area contributed by atoms with Crippen LogP contribution in [-0.4, -0.2) is 39.4 Å². The van der Waals surface area contributed by atoms with Gasteiger partial charge in [-0.15, -0.1) is 0 Å². The van der Waals surface area contributed by atoms with E-state index in [1.807, 2.05) is 74.2 Å². The van der Waals surface area contributed by atoms with Gasteiger partial charge in [-0.25, -0.2) is 4.79 Å². The third kappa shape index (κ3) is 7.40. The second-order valence-corrected chi connectivity index (χ2v) is 15.5. The average Bonchev–Trinajstić information content (AvgIpc) is 3.82. The molecule has 9 heteroatoms. The molecule has 3 amide bonds. The molecule has 2 aliphatic carbocycles. The first-order valence-electron chi connectivity index (χ1n) is 18.7. The van der Waals surface area contributed by atoms with Crippen molar-refractivity contribution in [1.29, 1.82) is 0 Å². The van der Waals surface area contributed by atoms with Crippen molar-refractivity contribution in [1.82, 2.24) is 9.88 Å². The first-order chi connectivity index (χ1) is 25.0. The van der Waals surface area contributed by atoms with Crippen LogP contribution in [0.25, 0.3) is 17.0 Å². The molecule has 4 aromatic rings. The summed E-state index contributed by atoms with van der Waals surface area (Å²) in [6.07, 6.45) is 11.5. The van der Waals surface area contributed by atoms with Gasteiger partial charge in [0.15, 0.2) is 0 Å². The highest BCUT2D eigenvalue weighted by atomic mass is 16.6. The number of anilines is 2. The minimum absolute atomic E-state index is 0.0568. The summed E-state index contributed by atoms with van der Waals surface area (Å²) in [5.74, 6) is 0.403. The SMILES string of the molecule is CC(C)(C)OC(=O)/C=C/c1ccc(NC(=O)C2(NC(=O)c3ccc4c(C5CCCCC5)c5n(c4c3)CC(=O)N5Cc3ccccc3)CCCC2)cc1. The van der Waals surface area contributed by atoms with E-state index in [1.54, 1.807) is 18.2 Å². The fraction of sp³-hybridized carbons (Fsp3) is 0.395. The Hall–Kier alpha value is -5.18. The number of hydrogen-bond acceptors (Lipinski definition) is 5. The Kier molecular flexibility index (Phi) is 9.79. The third-order valence-electron chi connectivity index (χ3n) is 10.6. The van der Waals surface area contributed by atoms with Crippen molar-refractivity contribution >= 4 is 52.2 Å². The summed E-state index contributed by atoms with van der Waals surface area (Å²) in [6.45, 7) is 6.20. The Morgan fingerprint density at radius 1 is 0.904 bits per heavy atom. The molecule has 7 rings (SSSR count). The van der Waals surface area contributed by atoms with E-state index < -0.39 is 17.1 Å². The highest BCUT2D eigenvalue weighted by Crippen LogP contribution is 2.46. The lowest BCUT2D eigenvalue weighted by Gasteiger charge is -2.29. The third-order valence-corrected chi connectivity index (χ3v) is 10.6. The van der Waals surface area contributed by atoms with Crippen LogP contribution >= 0.6 is 0 Å². The Labute approximate surface area is 305 Å². The number of carbonyl (C=O) groups excluding carboxylic acids is 4. The highest BCUT2D eigenvalue weighted by molar-refractivity contribution is 6.08. The van der Waals surface area contributed by atoms with Gasteiger partial charge < -0.3 is 19.9 Å². The standard InChI is InChI=1S/C43H48N4O5/c1-42(2,3)52-37(49)23-18-29-16-20-33(21-17-29)44-41(51)43(24-10-11-25-43)45-39(50)32-19-22-34-35(26-32)46-28-36(48)47(27-30-12-6-4-7-13-30)40(46)38(34)31-14-8-5-9-15-31/h4,6-7,12-13,16-23,26,31H,5,8-11,14-15,24-25,27-28H2,1-3H3,(H,44,51)(H,45,50)/b23-18+. The fourth-order valence-electron chi connectivity index (χ4n) is 8.12. The number of fused-ring (bicyclic) bond motifs is 3. The lowest BCUT2D eigenvalue weighted by atomic mass is 9.83. The van der Waals surface area contributed by atoms with Crippen molar-refractivity contribution in [2.24, 2.45) is 0 Å². The van der Waals surface area contributed by atoms with E-state index in [9.17, 15) is 19.2 Å². The zero-order chi connectivity index (χ0) is 36.5. The van der Waals surface area contributed by atoms with Gasteiger partial charge in [-0.3, -0.25) is 19.3 Å². The molecule has 9 nitrogen and oxygen atoms in total. The van der Waals surface area contributed by atoms with Gasteiger partial charge in [-0.1, -0.05) is 80.6 Å². The van der Waals surface area contributed by atoms with Gasteiger partial charge in [0.1, 0.15) is 23.5 Å². The Morgan fingerprint density at radius 3 is 2.31 bits per heavy atom. The van der Waals surface area contributed by atoms with Gasteiger partial charge in [-0.05, 0) is 93.8 Å². The fourth-order valence-corrected chi connectivity index (χ4v) is 8.12. The second-order valence-electron chi connectivity index (χ2n) is 15.5. The normalized spacial score (nSPS) is 17.4. The maximum Gasteiger partial charge on any atom is 0.331 e. The maximum atomic E-state index is 14.0. The van der Waals surface area contributed by atoms with E-state index in [4.69, 9.17) is 4.74 Å². The van der Waals surface area contributed by atoms with Gasteiger partial charge in [-0.2, -0.15) is 0 Å². The molecule has 2 N–H and O–H groups in total. The van der Waals surface area contributed by atoms with Crippen LogP contribution in [0, 0.1) is 0 Å². The van der Waals surface area contributed by atoms with Crippen molar-refractivity contribution in [2.45, 2.75) is 109 Å². The lowest BCUT2D eigenvalue weighted by Crippen LogP contribution is -2.55. The molecule has 2 saturated carbocycles. The number of nitrogens with one attached hydrogen (secondary N) is 2. The second kappa shape index (κ2) is 14.4. The van der Waals surface area contributed by atoms with Gasteiger partial charge in [0.2, 0.25) is 11.8 Å². The smallest absolute Gasteiger partial charge is 0.331 e. The Bertz CT molecular complexity index is 2010. The molecule has 0 spiro atoms. The lowest BCUT2D eigenvalue weighted by molar-refractivity contribution is -0.148. The van der Waals surface area contributed by atoms with Crippen LogP contribution in [0.3, 0.4) is 0 Å². The average molecular weight is 701 g/mol. The van der Waals surface area contributed by atoms with Gasteiger partial charge >= 0.3 is 5.97 Å². The molecule has 1 aromatic heterocycles. The Balaban J connectivity index is 1.12. The molecule has 0 bridgehead atoms. The monoisotopic (exact) mass is 700 g/mol. The zero-order valence-corrected chi connectivity index (χ0v) is 30.4. The molecular formula is C43H48N4O5. The quantitative estimate of drug-likeness (QED) is 0.135. The molecule has 2 fully saturated rings. The van der Waals surface area contributed by atoms with E-state index in [1.165, 1.54) is 30.9 Å². The molecule has 52 heavy (non-hydrogen) atoms. The summed E-state index contributed by atoms with van der Waals surface area (Å²) in [7, 11) is 0. The molecule has 1 aliphatic heterocycles. The predicted molar refractivity (Wildman–Crippen MR) is 204 cm³/mol. The summed E-state index contributed by atoms with van der Waals surface area (Å²) in [5, 5.41) is 7.26. The zero-order valence-electron chi connectivity index (χ0n) is 30.4. The molecule has 0 unspecified atom stereocenters. The van der Waals surface area contributed by atoms with Crippen LogP contribution < -0.4 is 15.5 Å². The van der Waals surface area contributed by atoms with Crippen molar-refractivity contribution in [3.05, 3.63) is 101 Å². The summed E-state index contributed by atoms with van der Waals surface area (Å²) < 4.78 is 7.43.